The molecule has 1 amide bonds. The number of aromatic nitrogens is 1. The average molecular weight is 453 g/mol. The third-order valence-electron chi connectivity index (χ3n) is 4.90. The second-order valence-corrected chi connectivity index (χ2v) is 9.07. The van der Waals surface area contributed by atoms with Crippen LogP contribution in [0.1, 0.15) is 80.0 Å². The quantitative estimate of drug-likeness (QED) is 0.640. The molecule has 2 N–H and O–H groups in total. The van der Waals surface area contributed by atoms with Gasteiger partial charge in [0.25, 0.3) is 5.91 Å². The Morgan fingerprint density at radius 2 is 1.77 bits per heavy atom. The molecule has 10 heteroatoms. The summed E-state index contributed by atoms with van der Waals surface area (Å²) in [6, 6.07) is 0. The lowest BCUT2D eigenvalue weighted by atomic mass is 9.98. The smallest absolute Gasteiger partial charge is 0.348 e. The highest BCUT2D eigenvalue weighted by atomic mass is 32.1. The van der Waals surface area contributed by atoms with Crippen LogP contribution in [0.4, 0.5) is 5.00 Å². The minimum atomic E-state index is -0.628. The zero-order valence-corrected chi connectivity index (χ0v) is 18.7. The van der Waals surface area contributed by atoms with Crippen LogP contribution >= 0.6 is 22.7 Å². The van der Waals surface area contributed by atoms with Crippen LogP contribution in [-0.4, -0.2) is 35.5 Å². The first kappa shape index (κ1) is 22.2. The Bertz CT molecular complexity index is 1010. The van der Waals surface area contributed by atoms with Gasteiger partial charge < -0.3 is 19.8 Å². The zero-order chi connectivity index (χ0) is 21.8. The molecule has 162 valence electrons. The number of aryl methyl sites for hydroxylation is 1. The highest BCUT2D eigenvalue weighted by Crippen LogP contribution is 2.35. The van der Waals surface area contributed by atoms with Crippen molar-refractivity contribution in [1.82, 2.24) is 4.98 Å². The van der Waals surface area contributed by atoms with Crippen molar-refractivity contribution in [3.63, 3.8) is 0 Å². The fourth-order valence-electron chi connectivity index (χ4n) is 3.41. The summed E-state index contributed by atoms with van der Waals surface area (Å²) in [6.07, 6.45) is 4.72. The zero-order valence-electron chi connectivity index (χ0n) is 17.1. The highest BCUT2D eigenvalue weighted by molar-refractivity contribution is 7.19. The largest absolute Gasteiger partial charge is 0.462 e. The van der Waals surface area contributed by atoms with E-state index in [0.29, 0.717) is 11.3 Å². The monoisotopic (exact) mass is 452 g/mol. The minimum Gasteiger partial charge on any atom is -0.462 e. The molecule has 2 aromatic heterocycles. The van der Waals surface area contributed by atoms with Crippen molar-refractivity contribution in [2.75, 3.05) is 11.9 Å². The first-order valence-corrected chi connectivity index (χ1v) is 11.5. The van der Waals surface area contributed by atoms with Crippen molar-refractivity contribution >= 4 is 45.5 Å². The number of hydrogen-bond acceptors (Lipinski definition) is 8. The summed E-state index contributed by atoms with van der Waals surface area (Å²) in [5.41, 5.74) is 0.977. The van der Waals surface area contributed by atoms with Crippen LogP contribution in [0.3, 0.4) is 0 Å². The number of hydrogen-bond donors (Lipinski definition) is 2. The minimum absolute atomic E-state index is 0.128. The van der Waals surface area contributed by atoms with Crippen molar-refractivity contribution in [2.24, 2.45) is 0 Å². The number of H-pyrrole nitrogens is 1. The number of esters is 2. The fourth-order valence-corrected chi connectivity index (χ4v) is 5.22. The van der Waals surface area contributed by atoms with Gasteiger partial charge in [0.15, 0.2) is 0 Å². The van der Waals surface area contributed by atoms with Crippen LogP contribution in [0.5, 0.6) is 0 Å². The molecule has 1 aliphatic rings. The van der Waals surface area contributed by atoms with Crippen molar-refractivity contribution in [1.29, 1.82) is 0 Å². The van der Waals surface area contributed by atoms with Gasteiger partial charge in [-0.25, -0.2) is 9.59 Å². The number of carbonyl (C=O) groups excluding carboxylic acids is 3. The van der Waals surface area contributed by atoms with Crippen LogP contribution in [0, 0.1) is 13.8 Å². The second-order valence-electron chi connectivity index (χ2n) is 7.07. The summed E-state index contributed by atoms with van der Waals surface area (Å²) < 4.78 is 10.8. The summed E-state index contributed by atoms with van der Waals surface area (Å²) in [5.74, 6) is -1.66. The Morgan fingerprint density at radius 1 is 1.07 bits per heavy atom. The van der Waals surface area contributed by atoms with Crippen LogP contribution in [0.15, 0.2) is 4.79 Å². The van der Waals surface area contributed by atoms with E-state index in [1.165, 1.54) is 0 Å². The molecule has 0 spiro atoms. The maximum absolute atomic E-state index is 12.8. The number of amides is 1. The number of rotatable bonds is 6. The van der Waals surface area contributed by atoms with E-state index in [-0.39, 0.29) is 37.9 Å². The third kappa shape index (κ3) is 4.81. The van der Waals surface area contributed by atoms with E-state index in [1.54, 1.807) is 20.8 Å². The lowest BCUT2D eigenvalue weighted by molar-refractivity contribution is 0.0216. The van der Waals surface area contributed by atoms with Crippen LogP contribution in [-0.2, 0) is 9.47 Å². The fraction of sp³-hybridized carbons (Fsp3) is 0.500. The number of anilines is 1. The van der Waals surface area contributed by atoms with Gasteiger partial charge in [0.05, 0.1) is 12.2 Å². The first-order chi connectivity index (χ1) is 14.3. The molecular weight excluding hydrogens is 428 g/mol. The van der Waals surface area contributed by atoms with E-state index in [9.17, 15) is 19.2 Å². The maximum Gasteiger partial charge on any atom is 0.348 e. The summed E-state index contributed by atoms with van der Waals surface area (Å²) >= 11 is 1.76. The number of thiazole rings is 1. The van der Waals surface area contributed by atoms with Gasteiger partial charge in [0.2, 0.25) is 0 Å². The van der Waals surface area contributed by atoms with Crippen LogP contribution < -0.4 is 10.2 Å². The number of carbonyl (C=O) groups is 3. The van der Waals surface area contributed by atoms with Gasteiger partial charge >= 0.3 is 16.8 Å². The molecule has 2 heterocycles. The highest BCUT2D eigenvalue weighted by Gasteiger charge is 2.29. The van der Waals surface area contributed by atoms with Crippen molar-refractivity contribution in [3.8, 4) is 0 Å². The van der Waals surface area contributed by atoms with Crippen LogP contribution in [0.2, 0.25) is 0 Å². The Labute approximate surface area is 181 Å². The predicted molar refractivity (Wildman–Crippen MR) is 115 cm³/mol. The van der Waals surface area contributed by atoms with E-state index in [2.05, 4.69) is 10.3 Å². The van der Waals surface area contributed by atoms with Gasteiger partial charge in [-0.3, -0.25) is 9.59 Å². The molecule has 0 aromatic carbocycles. The summed E-state index contributed by atoms with van der Waals surface area (Å²) in [4.78, 5) is 52.2. The van der Waals surface area contributed by atoms with E-state index in [0.717, 1.165) is 54.8 Å². The lowest BCUT2D eigenvalue weighted by Gasteiger charge is -2.21. The van der Waals surface area contributed by atoms with E-state index >= 15 is 0 Å². The van der Waals surface area contributed by atoms with Crippen LogP contribution in [0.25, 0.3) is 0 Å². The molecule has 1 saturated carbocycles. The van der Waals surface area contributed by atoms with Gasteiger partial charge in [-0.15, -0.1) is 11.3 Å². The van der Waals surface area contributed by atoms with E-state index < -0.39 is 17.8 Å². The standard InChI is InChI=1S/C20H24N2O6S2/c1-4-27-18(24)13-10(2)14(19(25)28-12-8-6-5-7-9-12)29-17(13)22-16(23)15-11(3)21-20(26)30-15/h12H,4-9H2,1-3H3,(H,21,26)(H,22,23). The average Bonchev–Trinajstić information content (AvgIpc) is 3.21. The number of ether oxygens (including phenoxy) is 2. The Kier molecular flexibility index (Phi) is 7.09. The number of nitrogens with one attached hydrogen (secondary N) is 2. The molecular formula is C20H24N2O6S2. The molecule has 0 radical (unpaired) electrons. The summed E-state index contributed by atoms with van der Waals surface area (Å²) in [7, 11) is 0. The molecule has 0 bridgehead atoms. The Balaban J connectivity index is 1.90. The van der Waals surface area contributed by atoms with Crippen molar-refractivity contribution in [3.05, 3.63) is 36.2 Å². The Hall–Kier alpha value is -2.46. The second kappa shape index (κ2) is 9.57. The first-order valence-electron chi connectivity index (χ1n) is 9.84. The normalized spacial score (nSPS) is 14.4. The van der Waals surface area contributed by atoms with Crippen molar-refractivity contribution in [2.45, 2.75) is 59.0 Å². The van der Waals surface area contributed by atoms with Gasteiger partial charge in [-0.1, -0.05) is 17.8 Å². The summed E-state index contributed by atoms with van der Waals surface area (Å²) in [6.45, 7) is 5.08. The molecule has 0 unspecified atom stereocenters. The van der Waals surface area contributed by atoms with Crippen molar-refractivity contribution < 1.29 is 23.9 Å². The lowest BCUT2D eigenvalue weighted by Crippen LogP contribution is -2.21. The predicted octanol–water partition coefficient (Wildman–Crippen LogP) is 4.03. The molecule has 30 heavy (non-hydrogen) atoms. The third-order valence-corrected chi connectivity index (χ3v) is 7.07. The number of aromatic amines is 1. The molecule has 8 nitrogen and oxygen atoms in total. The molecule has 3 rings (SSSR count). The molecule has 2 aromatic rings. The molecule has 1 aliphatic carbocycles. The van der Waals surface area contributed by atoms with Gasteiger partial charge in [-0.05, 0) is 52.0 Å². The number of thiophene rings is 1. The maximum atomic E-state index is 12.8. The van der Waals surface area contributed by atoms with Gasteiger partial charge in [-0.2, -0.15) is 0 Å². The van der Waals surface area contributed by atoms with Gasteiger partial charge in [0.1, 0.15) is 20.9 Å². The topological polar surface area (TPSA) is 115 Å². The molecule has 0 atom stereocenters. The van der Waals surface area contributed by atoms with Gasteiger partial charge in [0, 0.05) is 5.69 Å². The summed E-state index contributed by atoms with van der Waals surface area (Å²) in [5, 5.41) is 2.86. The molecule has 0 saturated heterocycles. The van der Waals surface area contributed by atoms with E-state index in [1.807, 2.05) is 0 Å². The Morgan fingerprint density at radius 3 is 2.37 bits per heavy atom. The molecule has 1 fully saturated rings. The van der Waals surface area contributed by atoms with E-state index in [4.69, 9.17) is 9.47 Å². The SMILES string of the molecule is CCOC(=O)c1c(NC(=O)c2sc(=O)[nH]c2C)sc(C(=O)OC2CCCCC2)c1C. The molecule has 0 aliphatic heterocycles.